The summed E-state index contributed by atoms with van der Waals surface area (Å²) in [6, 6.07) is 8.17. The zero-order chi connectivity index (χ0) is 12.0. The van der Waals surface area contributed by atoms with Crippen LogP contribution in [0, 0.1) is 6.92 Å². The number of rotatable bonds is 1. The summed E-state index contributed by atoms with van der Waals surface area (Å²) < 4.78 is 8.30. The van der Waals surface area contributed by atoms with E-state index in [1.807, 2.05) is 18.3 Å². The van der Waals surface area contributed by atoms with Gasteiger partial charge in [0.1, 0.15) is 16.0 Å². The van der Waals surface area contributed by atoms with Crippen LogP contribution in [0.3, 0.4) is 0 Å². The van der Waals surface area contributed by atoms with Gasteiger partial charge >= 0.3 is 0 Å². The summed E-state index contributed by atoms with van der Waals surface area (Å²) in [5.41, 5.74) is 3.26. The highest BCUT2D eigenvalue weighted by atomic mass is 79.9. The van der Waals surface area contributed by atoms with Gasteiger partial charge < -0.3 is 4.74 Å². The molecule has 0 amide bonds. The predicted molar refractivity (Wildman–Crippen MR) is 71.7 cm³/mol. The zero-order valence-corrected chi connectivity index (χ0v) is 11.2. The number of nitrogens with zero attached hydrogens (tertiary/aromatic N) is 2. The maximum atomic E-state index is 5.28. The van der Waals surface area contributed by atoms with E-state index in [-0.39, 0.29) is 0 Å². The number of fused-ring (bicyclic) bond motifs is 3. The van der Waals surface area contributed by atoms with Crippen molar-refractivity contribution in [1.82, 2.24) is 9.38 Å². The van der Waals surface area contributed by atoms with Gasteiger partial charge in [-0.3, -0.25) is 4.40 Å². The molecule has 1 aromatic carbocycles. The first-order chi connectivity index (χ1) is 8.20. The molecule has 0 aliphatic rings. The average Bonchev–Trinajstić information content (AvgIpc) is 2.70. The van der Waals surface area contributed by atoms with Gasteiger partial charge in [0.25, 0.3) is 0 Å². The lowest BCUT2D eigenvalue weighted by molar-refractivity contribution is 0.415. The highest BCUT2D eigenvalue weighted by molar-refractivity contribution is 9.10. The van der Waals surface area contributed by atoms with E-state index in [4.69, 9.17) is 4.74 Å². The Labute approximate surface area is 107 Å². The van der Waals surface area contributed by atoms with E-state index in [9.17, 15) is 0 Å². The van der Waals surface area contributed by atoms with Gasteiger partial charge in [-0.25, -0.2) is 4.98 Å². The summed E-state index contributed by atoms with van der Waals surface area (Å²) in [4.78, 5) is 4.36. The Morgan fingerprint density at radius 1 is 1.29 bits per heavy atom. The number of pyridine rings is 1. The number of aromatic nitrogens is 2. The minimum Gasteiger partial charge on any atom is -0.497 e. The number of halogens is 1. The summed E-state index contributed by atoms with van der Waals surface area (Å²) in [5.74, 6) is 0.852. The first-order valence-corrected chi connectivity index (χ1v) is 6.10. The van der Waals surface area contributed by atoms with Gasteiger partial charge in [-0.1, -0.05) is 0 Å². The van der Waals surface area contributed by atoms with Crippen molar-refractivity contribution >= 4 is 32.5 Å². The van der Waals surface area contributed by atoms with Crippen LogP contribution in [-0.4, -0.2) is 16.5 Å². The summed E-state index contributed by atoms with van der Waals surface area (Å²) in [6.45, 7) is 2.09. The number of hydrogen-bond donors (Lipinski definition) is 0. The molecule has 0 aliphatic carbocycles. The third kappa shape index (κ3) is 1.52. The normalized spacial score (nSPS) is 11.2. The van der Waals surface area contributed by atoms with Gasteiger partial charge in [-0.2, -0.15) is 0 Å². The van der Waals surface area contributed by atoms with Gasteiger partial charge in [-0.05, 0) is 46.6 Å². The van der Waals surface area contributed by atoms with Crippen molar-refractivity contribution < 1.29 is 4.74 Å². The lowest BCUT2D eigenvalue weighted by atomic mass is 10.1. The Kier molecular flexibility index (Phi) is 2.33. The van der Waals surface area contributed by atoms with Crippen LogP contribution >= 0.6 is 15.9 Å². The lowest BCUT2D eigenvalue weighted by Crippen LogP contribution is -1.92. The van der Waals surface area contributed by atoms with E-state index in [0.29, 0.717) is 0 Å². The molecule has 4 heteroatoms. The van der Waals surface area contributed by atoms with Crippen LogP contribution in [0.5, 0.6) is 5.75 Å². The Balaban J connectivity index is 2.55. The second-order valence-corrected chi connectivity index (χ2v) is 4.80. The molecule has 0 radical (unpaired) electrons. The van der Waals surface area contributed by atoms with E-state index in [2.05, 4.69) is 44.4 Å². The van der Waals surface area contributed by atoms with Crippen molar-refractivity contribution in [1.29, 1.82) is 0 Å². The van der Waals surface area contributed by atoms with Gasteiger partial charge in [-0.15, -0.1) is 0 Å². The Morgan fingerprint density at radius 3 is 2.88 bits per heavy atom. The predicted octanol–water partition coefficient (Wildman–Crippen LogP) is 3.57. The number of ether oxygens (including phenoxy) is 1. The molecule has 0 N–H and O–H groups in total. The fraction of sp³-hybridized carbons (Fsp3) is 0.154. The van der Waals surface area contributed by atoms with E-state index in [0.717, 1.165) is 21.5 Å². The number of aryl methyl sites for hydroxylation is 1. The molecular formula is C13H11BrN2O. The van der Waals surface area contributed by atoms with E-state index in [1.165, 1.54) is 10.9 Å². The Bertz CT molecular complexity index is 718. The molecule has 0 fully saturated rings. The third-order valence-electron chi connectivity index (χ3n) is 2.96. The molecule has 0 spiro atoms. The van der Waals surface area contributed by atoms with E-state index in [1.54, 1.807) is 7.11 Å². The summed E-state index contributed by atoms with van der Waals surface area (Å²) in [7, 11) is 1.68. The summed E-state index contributed by atoms with van der Waals surface area (Å²) in [6.07, 6.45) is 1.81. The van der Waals surface area contributed by atoms with Gasteiger partial charge in [0.2, 0.25) is 0 Å². The molecule has 0 aliphatic heterocycles. The van der Waals surface area contributed by atoms with Crippen molar-refractivity contribution in [2.45, 2.75) is 6.92 Å². The van der Waals surface area contributed by atoms with Gasteiger partial charge in [0.15, 0.2) is 0 Å². The molecule has 86 valence electrons. The topological polar surface area (TPSA) is 26.5 Å². The first-order valence-electron chi connectivity index (χ1n) is 5.31. The molecule has 3 aromatic rings. The second kappa shape index (κ2) is 3.74. The van der Waals surface area contributed by atoms with Gasteiger partial charge in [0, 0.05) is 11.5 Å². The molecular weight excluding hydrogens is 280 g/mol. The van der Waals surface area contributed by atoms with Crippen LogP contribution < -0.4 is 4.74 Å². The van der Waals surface area contributed by atoms with E-state index < -0.39 is 0 Å². The number of methoxy groups -OCH3 is 1. The highest BCUT2D eigenvalue weighted by Crippen LogP contribution is 2.27. The molecule has 0 bridgehead atoms. The monoisotopic (exact) mass is 290 g/mol. The molecule has 0 unspecified atom stereocenters. The number of benzene rings is 1. The van der Waals surface area contributed by atoms with E-state index >= 15 is 0 Å². The SMILES string of the molecule is COc1ccc2c(C)cc3ncc(Br)n3c2c1. The molecule has 3 rings (SSSR count). The quantitative estimate of drug-likeness (QED) is 0.685. The Hall–Kier alpha value is -1.55. The first kappa shape index (κ1) is 10.6. The van der Waals surface area contributed by atoms with Crippen LogP contribution in [0.1, 0.15) is 5.56 Å². The van der Waals surface area contributed by atoms with Crippen molar-refractivity contribution in [2.75, 3.05) is 7.11 Å². The molecule has 0 atom stereocenters. The fourth-order valence-electron chi connectivity index (χ4n) is 2.11. The second-order valence-electron chi connectivity index (χ2n) is 3.98. The van der Waals surface area contributed by atoms with Crippen molar-refractivity contribution in [3.63, 3.8) is 0 Å². The molecule has 3 nitrogen and oxygen atoms in total. The highest BCUT2D eigenvalue weighted by Gasteiger charge is 2.08. The molecule has 17 heavy (non-hydrogen) atoms. The maximum Gasteiger partial charge on any atom is 0.138 e. The van der Waals surface area contributed by atoms with Crippen LogP contribution in [0.4, 0.5) is 0 Å². The number of imidazole rings is 1. The summed E-state index contributed by atoms with van der Waals surface area (Å²) in [5, 5.41) is 1.21. The van der Waals surface area contributed by atoms with Crippen LogP contribution in [-0.2, 0) is 0 Å². The third-order valence-corrected chi connectivity index (χ3v) is 3.52. The molecule has 2 heterocycles. The van der Waals surface area contributed by atoms with Crippen molar-refractivity contribution in [3.05, 3.63) is 40.6 Å². The standard InChI is InChI=1S/C13H11BrN2O/c1-8-5-13-15-7-12(14)16(13)11-6-9(17-2)3-4-10(8)11/h3-7H,1-2H3. The van der Waals surface area contributed by atoms with Crippen molar-refractivity contribution in [3.8, 4) is 5.75 Å². The lowest BCUT2D eigenvalue weighted by Gasteiger charge is -2.08. The largest absolute Gasteiger partial charge is 0.497 e. The molecule has 0 saturated carbocycles. The summed E-state index contributed by atoms with van der Waals surface area (Å²) >= 11 is 3.52. The van der Waals surface area contributed by atoms with Crippen LogP contribution in [0.15, 0.2) is 35.1 Å². The minimum absolute atomic E-state index is 0.852. The van der Waals surface area contributed by atoms with Crippen LogP contribution in [0.2, 0.25) is 0 Å². The maximum absolute atomic E-state index is 5.28. The molecule has 0 saturated heterocycles. The number of hydrogen-bond acceptors (Lipinski definition) is 2. The molecule has 2 aromatic heterocycles. The zero-order valence-electron chi connectivity index (χ0n) is 9.57. The average molecular weight is 291 g/mol. The minimum atomic E-state index is 0.852. The van der Waals surface area contributed by atoms with Gasteiger partial charge in [0.05, 0.1) is 18.8 Å². The van der Waals surface area contributed by atoms with Crippen LogP contribution in [0.25, 0.3) is 16.6 Å². The smallest absolute Gasteiger partial charge is 0.138 e. The van der Waals surface area contributed by atoms with Crippen molar-refractivity contribution in [2.24, 2.45) is 0 Å². The Morgan fingerprint density at radius 2 is 2.12 bits per heavy atom. The fourth-order valence-corrected chi connectivity index (χ4v) is 2.59.